The molecule has 0 spiro atoms. The molecule has 0 saturated carbocycles. The highest BCUT2D eigenvalue weighted by atomic mass is 19.1. The van der Waals surface area contributed by atoms with Gasteiger partial charge in [0.15, 0.2) is 0 Å². The Morgan fingerprint density at radius 1 is 1.52 bits per heavy atom. The summed E-state index contributed by atoms with van der Waals surface area (Å²) in [6.45, 7) is 3.76. The van der Waals surface area contributed by atoms with Crippen molar-refractivity contribution in [2.75, 3.05) is 6.61 Å². The third-order valence-corrected chi connectivity index (χ3v) is 3.96. The molecule has 2 heterocycles. The summed E-state index contributed by atoms with van der Waals surface area (Å²) >= 11 is 0. The van der Waals surface area contributed by atoms with Crippen LogP contribution in [0.4, 0.5) is 4.39 Å². The first-order valence-corrected chi connectivity index (χ1v) is 6.61. The van der Waals surface area contributed by atoms with Crippen molar-refractivity contribution >= 4 is 12.0 Å². The van der Waals surface area contributed by atoms with Crippen LogP contribution in [-0.4, -0.2) is 22.2 Å². The predicted octanol–water partition coefficient (Wildman–Crippen LogP) is 2.28. The zero-order valence-electron chi connectivity index (χ0n) is 11.6. The molecule has 0 unspecified atom stereocenters. The van der Waals surface area contributed by atoms with Crippen molar-refractivity contribution in [2.45, 2.75) is 26.3 Å². The molecule has 2 bridgehead atoms. The predicted molar refractivity (Wildman–Crippen MR) is 73.8 cm³/mol. The first-order valence-electron chi connectivity index (χ1n) is 6.61. The highest BCUT2D eigenvalue weighted by Gasteiger charge is 2.28. The molecular weight excluding hydrogens is 277 g/mol. The largest absolute Gasteiger partial charge is 0.495 e. The van der Waals surface area contributed by atoms with Gasteiger partial charge in [0.25, 0.3) is 0 Å². The minimum absolute atomic E-state index is 0.0964. The maximum absolute atomic E-state index is 14.1. The fraction of sp³-hybridized carbons (Fsp3) is 0.333. The maximum atomic E-state index is 14.1. The Morgan fingerprint density at radius 2 is 2.24 bits per heavy atom. The van der Waals surface area contributed by atoms with Crippen LogP contribution >= 0.6 is 0 Å². The number of ether oxygens (including phenoxy) is 1. The van der Waals surface area contributed by atoms with Gasteiger partial charge in [-0.2, -0.15) is 0 Å². The third kappa shape index (κ3) is 1.98. The van der Waals surface area contributed by atoms with Crippen molar-refractivity contribution in [3.8, 4) is 0 Å². The van der Waals surface area contributed by atoms with E-state index in [0.29, 0.717) is 23.6 Å². The van der Waals surface area contributed by atoms with Crippen molar-refractivity contribution in [3.63, 3.8) is 0 Å². The minimum Gasteiger partial charge on any atom is -0.495 e. The summed E-state index contributed by atoms with van der Waals surface area (Å²) in [7, 11) is 0. The minimum atomic E-state index is -1.31. The average molecular weight is 291 g/mol. The molecule has 0 aromatic carbocycles. The van der Waals surface area contributed by atoms with Gasteiger partial charge in [0.2, 0.25) is 5.43 Å². The lowest BCUT2D eigenvalue weighted by Gasteiger charge is -2.18. The van der Waals surface area contributed by atoms with Gasteiger partial charge in [-0.05, 0) is 19.9 Å². The van der Waals surface area contributed by atoms with E-state index in [9.17, 15) is 19.1 Å². The molecule has 1 aliphatic carbocycles. The van der Waals surface area contributed by atoms with E-state index in [2.05, 4.69) is 0 Å². The number of aromatic nitrogens is 1. The smallest absolute Gasteiger partial charge is 0.341 e. The zero-order valence-corrected chi connectivity index (χ0v) is 11.6. The van der Waals surface area contributed by atoms with Gasteiger partial charge >= 0.3 is 5.97 Å². The van der Waals surface area contributed by atoms with E-state index in [0.717, 1.165) is 6.08 Å². The summed E-state index contributed by atoms with van der Waals surface area (Å²) in [5.74, 6) is -1.39. The number of carboxylic acids is 1. The molecule has 0 radical (unpaired) electrons. The molecule has 0 amide bonds. The quantitative estimate of drug-likeness (QED) is 0.862. The lowest BCUT2D eigenvalue weighted by Crippen LogP contribution is -2.25. The van der Waals surface area contributed by atoms with Gasteiger partial charge in [-0.25, -0.2) is 9.18 Å². The maximum Gasteiger partial charge on any atom is 0.341 e. The number of carbonyl (C=O) groups is 1. The molecule has 1 N–H and O–H groups in total. The van der Waals surface area contributed by atoms with E-state index >= 15 is 0 Å². The van der Waals surface area contributed by atoms with Crippen LogP contribution in [0.3, 0.4) is 0 Å². The third-order valence-electron chi connectivity index (χ3n) is 3.96. The van der Waals surface area contributed by atoms with E-state index in [1.165, 1.54) is 6.20 Å². The van der Waals surface area contributed by atoms with Crippen molar-refractivity contribution in [1.29, 1.82) is 0 Å². The van der Waals surface area contributed by atoms with Gasteiger partial charge < -0.3 is 14.4 Å². The Balaban J connectivity index is 2.42. The summed E-state index contributed by atoms with van der Waals surface area (Å²) in [6, 6.07) is -0.141. The first-order chi connectivity index (χ1) is 9.90. The monoisotopic (exact) mass is 291 g/mol. The topological polar surface area (TPSA) is 68.5 Å². The lowest BCUT2D eigenvalue weighted by atomic mass is 10.1. The van der Waals surface area contributed by atoms with Crippen molar-refractivity contribution in [1.82, 2.24) is 4.57 Å². The van der Waals surface area contributed by atoms with E-state index in [-0.39, 0.29) is 23.6 Å². The van der Waals surface area contributed by atoms with Crippen LogP contribution in [0.2, 0.25) is 0 Å². The number of fused-ring (bicyclic) bond motifs is 1. The number of nitrogens with zero attached hydrogens (tertiary/aromatic N) is 1. The second-order valence-electron chi connectivity index (χ2n) is 5.32. The molecule has 2 aliphatic rings. The van der Waals surface area contributed by atoms with Gasteiger partial charge in [0.05, 0.1) is 6.04 Å². The van der Waals surface area contributed by atoms with Crippen molar-refractivity contribution in [3.05, 3.63) is 50.4 Å². The van der Waals surface area contributed by atoms with Crippen LogP contribution in [0.15, 0.2) is 28.2 Å². The first kappa shape index (κ1) is 13.6. The van der Waals surface area contributed by atoms with Gasteiger partial charge in [-0.3, -0.25) is 4.79 Å². The van der Waals surface area contributed by atoms with Gasteiger partial charge in [0.1, 0.15) is 23.8 Å². The van der Waals surface area contributed by atoms with E-state index in [4.69, 9.17) is 4.74 Å². The van der Waals surface area contributed by atoms with Crippen LogP contribution in [0.5, 0.6) is 0 Å². The standard InChI is InChI=1S/C15H14FNO4/c1-7-6-21-13-4-12-9(3-11(16)8(13)2)14(18)10(15(19)20)5-17(7)12/h3,5,7H,4,6H2,1-2H3,(H,19,20)/t7-/m0/s1. The second-order valence-corrected chi connectivity index (χ2v) is 5.32. The number of pyridine rings is 1. The molecule has 5 nitrogen and oxygen atoms in total. The Hall–Kier alpha value is -2.37. The lowest BCUT2D eigenvalue weighted by molar-refractivity contribution is 0.0694. The molecule has 1 aliphatic heterocycles. The molecule has 1 aromatic heterocycles. The molecule has 6 heteroatoms. The van der Waals surface area contributed by atoms with E-state index < -0.39 is 17.2 Å². The summed E-state index contributed by atoms with van der Waals surface area (Å²) in [5, 5.41) is 9.18. The summed E-state index contributed by atoms with van der Waals surface area (Å²) < 4.78 is 21.5. The normalized spacial score (nSPS) is 20.3. The van der Waals surface area contributed by atoms with Gasteiger partial charge in [-0.1, -0.05) is 0 Å². The molecule has 1 aromatic rings. The van der Waals surface area contributed by atoms with Gasteiger partial charge in [0, 0.05) is 29.4 Å². The van der Waals surface area contributed by atoms with E-state index in [1.807, 2.05) is 6.92 Å². The number of rotatable bonds is 1. The summed E-state index contributed by atoms with van der Waals surface area (Å²) in [6.07, 6.45) is 2.72. The average Bonchev–Trinajstić information content (AvgIpc) is 2.66. The highest BCUT2D eigenvalue weighted by Crippen LogP contribution is 2.32. The van der Waals surface area contributed by atoms with Crippen LogP contribution in [0.25, 0.3) is 6.08 Å². The Labute approximate surface area is 120 Å². The Morgan fingerprint density at radius 3 is 2.90 bits per heavy atom. The molecule has 3 rings (SSSR count). The summed E-state index contributed by atoms with van der Waals surface area (Å²) in [5.41, 5.74) is 0.0268. The SMILES string of the molecule is CC1=C2Cc3c(c(=O)c(C(=O)O)cn3[C@@H](C)CO2)C=C1F. The fourth-order valence-electron chi connectivity index (χ4n) is 2.69. The van der Waals surface area contributed by atoms with Crippen LogP contribution < -0.4 is 5.43 Å². The van der Waals surface area contributed by atoms with Crippen LogP contribution in [0, 0.1) is 0 Å². The van der Waals surface area contributed by atoms with Crippen molar-refractivity contribution in [2.24, 2.45) is 0 Å². The summed E-state index contributed by atoms with van der Waals surface area (Å²) in [4.78, 5) is 23.5. The highest BCUT2D eigenvalue weighted by molar-refractivity contribution is 5.88. The van der Waals surface area contributed by atoms with Crippen LogP contribution in [0.1, 0.15) is 41.5 Å². The number of halogens is 1. The number of hydrogen-bond acceptors (Lipinski definition) is 3. The van der Waals surface area contributed by atoms with Gasteiger partial charge in [-0.15, -0.1) is 0 Å². The molecular formula is C15H14FNO4. The molecule has 0 saturated heterocycles. The Bertz CT molecular complexity index is 773. The zero-order chi connectivity index (χ0) is 15.3. The second kappa shape index (κ2) is 4.58. The van der Waals surface area contributed by atoms with Crippen molar-refractivity contribution < 1.29 is 19.0 Å². The number of allylic oxidation sites excluding steroid dienone is 3. The molecule has 1 atom stereocenters. The fourth-order valence-corrected chi connectivity index (χ4v) is 2.69. The molecule has 0 fully saturated rings. The molecule has 21 heavy (non-hydrogen) atoms. The molecule has 110 valence electrons. The Kier molecular flexibility index (Phi) is 2.97. The van der Waals surface area contributed by atoms with E-state index in [1.54, 1.807) is 11.5 Å². The number of hydrogen-bond donors (Lipinski definition) is 1. The van der Waals surface area contributed by atoms with Crippen LogP contribution in [-0.2, 0) is 11.2 Å². The number of carboxylic acid groups (broad SMARTS) is 1. The number of aromatic carboxylic acids is 1.